The highest BCUT2D eigenvalue weighted by Gasteiger charge is 2.54. The van der Waals surface area contributed by atoms with Crippen molar-refractivity contribution in [2.45, 2.75) is 18.6 Å². The monoisotopic (exact) mass is 131 g/mol. The van der Waals surface area contributed by atoms with Gasteiger partial charge in [-0.15, -0.1) is 0 Å². The first-order chi connectivity index (χ1) is 4.12. The fourth-order valence-electron chi connectivity index (χ4n) is 1.08. The Morgan fingerprint density at radius 1 is 1.33 bits per heavy atom. The first-order valence-corrected chi connectivity index (χ1v) is 2.89. The predicted molar refractivity (Wildman–Crippen MR) is 28.3 cm³/mol. The van der Waals surface area contributed by atoms with E-state index >= 15 is 0 Å². The van der Waals surface area contributed by atoms with Gasteiger partial charge in [-0.25, -0.2) is 0 Å². The topological polar surface area (TPSA) is 53.7 Å². The second-order valence-corrected chi connectivity index (χ2v) is 2.61. The summed E-state index contributed by atoms with van der Waals surface area (Å²) < 4.78 is 15.3. The largest absolute Gasteiger partial charge is 0.323 e. The zero-order valence-corrected chi connectivity index (χ0v) is 5.22. The lowest BCUT2D eigenvalue weighted by Gasteiger charge is -2.18. The number of fused-ring (bicyclic) bond motifs is 2. The van der Waals surface area contributed by atoms with E-state index in [-0.39, 0.29) is 0 Å². The summed E-state index contributed by atoms with van der Waals surface area (Å²) in [5, 5.41) is 0. The summed E-state index contributed by atoms with van der Waals surface area (Å²) >= 11 is 0. The Hall–Kier alpha value is -0.160. The molecule has 2 aliphatic rings. The molecule has 4 nitrogen and oxygen atoms in total. The van der Waals surface area contributed by atoms with Crippen molar-refractivity contribution in [3.63, 3.8) is 0 Å². The van der Waals surface area contributed by atoms with Gasteiger partial charge in [0.1, 0.15) is 0 Å². The smallest absolute Gasteiger partial charge is 0.282 e. The SMILES string of the molecule is CC12OCC(N)(CO1)O2. The third-order valence-corrected chi connectivity index (χ3v) is 1.55. The van der Waals surface area contributed by atoms with Crippen LogP contribution in [0.2, 0.25) is 0 Å². The molecule has 0 aliphatic carbocycles. The van der Waals surface area contributed by atoms with E-state index in [1.54, 1.807) is 6.92 Å². The van der Waals surface area contributed by atoms with Gasteiger partial charge in [-0.2, -0.15) is 0 Å². The van der Waals surface area contributed by atoms with Crippen molar-refractivity contribution in [2.75, 3.05) is 13.2 Å². The van der Waals surface area contributed by atoms with Gasteiger partial charge in [0.05, 0.1) is 13.2 Å². The fraction of sp³-hybridized carbons (Fsp3) is 1.00. The van der Waals surface area contributed by atoms with Crippen molar-refractivity contribution in [3.8, 4) is 0 Å². The first kappa shape index (κ1) is 5.61. The van der Waals surface area contributed by atoms with E-state index in [0.29, 0.717) is 13.2 Å². The third kappa shape index (κ3) is 0.679. The molecule has 9 heavy (non-hydrogen) atoms. The molecule has 0 amide bonds. The van der Waals surface area contributed by atoms with Gasteiger partial charge in [-0.3, -0.25) is 5.73 Å². The number of rotatable bonds is 0. The van der Waals surface area contributed by atoms with Crippen LogP contribution < -0.4 is 5.73 Å². The van der Waals surface area contributed by atoms with Gasteiger partial charge in [0.2, 0.25) is 0 Å². The van der Waals surface area contributed by atoms with Crippen LogP contribution in [0.25, 0.3) is 0 Å². The van der Waals surface area contributed by atoms with Gasteiger partial charge in [-0.05, 0) is 0 Å². The second kappa shape index (κ2) is 1.29. The fourth-order valence-corrected chi connectivity index (χ4v) is 1.08. The Bertz CT molecular complexity index is 123. The Kier molecular flexibility index (Phi) is 0.806. The molecule has 0 unspecified atom stereocenters. The number of ether oxygens (including phenoxy) is 3. The molecule has 2 N–H and O–H groups in total. The first-order valence-electron chi connectivity index (χ1n) is 2.89. The Morgan fingerprint density at radius 2 is 1.89 bits per heavy atom. The summed E-state index contributed by atoms with van der Waals surface area (Å²) in [6, 6.07) is 0. The maximum absolute atomic E-state index is 5.61. The van der Waals surface area contributed by atoms with Crippen LogP contribution in [0, 0.1) is 0 Å². The molecule has 52 valence electrons. The summed E-state index contributed by atoms with van der Waals surface area (Å²) in [4.78, 5) is 0. The standard InChI is InChI=1S/C5H9NO3/c1-4-7-2-5(6,9-4)3-8-4/h2-3,6H2,1H3. The molecule has 0 spiro atoms. The lowest BCUT2D eigenvalue weighted by atomic mass is 10.3. The normalized spacial score (nSPS) is 56.7. The van der Waals surface area contributed by atoms with Crippen molar-refractivity contribution in [3.05, 3.63) is 0 Å². The van der Waals surface area contributed by atoms with Crippen molar-refractivity contribution in [1.82, 2.24) is 0 Å². The summed E-state index contributed by atoms with van der Waals surface area (Å²) in [5.74, 6) is -0.852. The second-order valence-electron chi connectivity index (χ2n) is 2.61. The van der Waals surface area contributed by atoms with Gasteiger partial charge in [0, 0.05) is 6.92 Å². The van der Waals surface area contributed by atoms with Gasteiger partial charge in [0.15, 0.2) is 5.72 Å². The molecule has 2 rings (SSSR count). The molecule has 2 bridgehead atoms. The Morgan fingerprint density at radius 3 is 2.00 bits per heavy atom. The van der Waals surface area contributed by atoms with Crippen molar-refractivity contribution >= 4 is 0 Å². The highest BCUT2D eigenvalue weighted by Crippen LogP contribution is 2.36. The van der Waals surface area contributed by atoms with Crippen LogP contribution in [0.5, 0.6) is 0 Å². The average Bonchev–Trinajstić information content (AvgIpc) is 2.19. The van der Waals surface area contributed by atoms with E-state index in [9.17, 15) is 0 Å². The van der Waals surface area contributed by atoms with E-state index in [1.807, 2.05) is 0 Å². The highest BCUT2D eigenvalue weighted by molar-refractivity contribution is 4.86. The minimum absolute atomic E-state index is 0.434. The van der Waals surface area contributed by atoms with E-state index in [4.69, 9.17) is 19.9 Å². The maximum Gasteiger partial charge on any atom is 0.282 e. The van der Waals surface area contributed by atoms with Gasteiger partial charge in [-0.1, -0.05) is 0 Å². The Balaban J connectivity index is 2.25. The van der Waals surface area contributed by atoms with Crippen LogP contribution in [0.4, 0.5) is 0 Å². The van der Waals surface area contributed by atoms with Gasteiger partial charge < -0.3 is 14.2 Å². The zero-order chi connectivity index (χ0) is 6.54. The maximum atomic E-state index is 5.61. The van der Waals surface area contributed by atoms with E-state index in [0.717, 1.165) is 0 Å². The van der Waals surface area contributed by atoms with E-state index < -0.39 is 11.7 Å². The van der Waals surface area contributed by atoms with Crippen LogP contribution in [-0.2, 0) is 14.2 Å². The minimum atomic E-state index is -0.852. The molecule has 0 radical (unpaired) electrons. The van der Waals surface area contributed by atoms with Gasteiger partial charge in [0.25, 0.3) is 5.97 Å². The Labute approximate surface area is 52.9 Å². The number of hydrogen-bond donors (Lipinski definition) is 1. The van der Waals surface area contributed by atoms with Gasteiger partial charge >= 0.3 is 0 Å². The molecule has 0 aromatic carbocycles. The lowest BCUT2D eigenvalue weighted by molar-refractivity contribution is -0.284. The molecule has 2 saturated heterocycles. The number of hydrogen-bond acceptors (Lipinski definition) is 4. The predicted octanol–water partition coefficient (Wildman–Crippen LogP) is -0.608. The highest BCUT2D eigenvalue weighted by atomic mass is 16.9. The summed E-state index contributed by atoms with van der Waals surface area (Å²) in [6.07, 6.45) is 0. The van der Waals surface area contributed by atoms with E-state index in [1.165, 1.54) is 0 Å². The van der Waals surface area contributed by atoms with Crippen LogP contribution >= 0.6 is 0 Å². The van der Waals surface area contributed by atoms with E-state index in [2.05, 4.69) is 0 Å². The molecule has 0 atom stereocenters. The molecule has 2 aliphatic heterocycles. The molecular weight excluding hydrogens is 122 g/mol. The molecule has 0 saturated carbocycles. The summed E-state index contributed by atoms with van der Waals surface area (Å²) in [5.41, 5.74) is 4.94. The molecule has 0 aromatic heterocycles. The number of nitrogens with two attached hydrogens (primary N) is 1. The molecular formula is C5H9NO3. The summed E-state index contributed by atoms with van der Waals surface area (Å²) in [7, 11) is 0. The van der Waals surface area contributed by atoms with Crippen LogP contribution in [0.15, 0.2) is 0 Å². The quantitative estimate of drug-likeness (QED) is 0.476. The molecule has 2 fully saturated rings. The zero-order valence-electron chi connectivity index (χ0n) is 5.22. The van der Waals surface area contributed by atoms with Crippen molar-refractivity contribution in [1.29, 1.82) is 0 Å². The average molecular weight is 131 g/mol. The molecule has 2 heterocycles. The molecule has 0 aromatic rings. The van der Waals surface area contributed by atoms with Crippen molar-refractivity contribution < 1.29 is 14.2 Å². The van der Waals surface area contributed by atoms with Crippen LogP contribution in [-0.4, -0.2) is 24.9 Å². The lowest BCUT2D eigenvalue weighted by Crippen LogP contribution is -2.44. The third-order valence-electron chi connectivity index (χ3n) is 1.55. The summed E-state index contributed by atoms with van der Waals surface area (Å²) in [6.45, 7) is 2.58. The van der Waals surface area contributed by atoms with Crippen LogP contribution in [0.3, 0.4) is 0 Å². The molecule has 4 heteroatoms. The van der Waals surface area contributed by atoms with Crippen molar-refractivity contribution in [2.24, 2.45) is 5.73 Å². The van der Waals surface area contributed by atoms with Crippen LogP contribution in [0.1, 0.15) is 6.92 Å². The minimum Gasteiger partial charge on any atom is -0.323 e.